The number of nitro benzene ring substituents is 1. The van der Waals surface area contributed by atoms with Crippen molar-refractivity contribution in [3.63, 3.8) is 0 Å². The molecule has 3 rings (SSSR count). The number of non-ortho nitro benzene ring substituents is 1. The molecule has 160 valence electrons. The summed E-state index contributed by atoms with van der Waals surface area (Å²) in [4.78, 5) is 15.1. The summed E-state index contributed by atoms with van der Waals surface area (Å²) in [5, 5.41) is 17.7. The number of hydrogen-bond acceptors (Lipinski definition) is 5. The third kappa shape index (κ3) is 6.18. The molecule has 8 heteroatoms. The topological polar surface area (TPSA) is 98.0 Å². The number of fused-ring (bicyclic) bond motifs is 1. The fraction of sp³-hybridized carbons (Fsp3) is 0.409. The van der Waals surface area contributed by atoms with Gasteiger partial charge >= 0.3 is 0 Å². The van der Waals surface area contributed by atoms with Crippen molar-refractivity contribution in [3.8, 4) is 5.75 Å². The maximum absolute atomic E-state index is 10.8. The molecule has 2 N–H and O–H groups in total. The predicted octanol–water partition coefficient (Wildman–Crippen LogP) is 3.58. The SMILES string of the molecule is CCOCCCNC(=NCc1ccc([N+](=O)[O-])cc1)NC1CCOc2ccccc21. The Morgan fingerprint density at radius 3 is 2.83 bits per heavy atom. The first kappa shape index (κ1) is 21.6. The van der Waals surface area contributed by atoms with Crippen LogP contribution in [0.3, 0.4) is 0 Å². The number of ether oxygens (including phenoxy) is 2. The van der Waals surface area contributed by atoms with Gasteiger partial charge in [-0.1, -0.05) is 30.3 Å². The number of nitro groups is 1. The second-order valence-electron chi connectivity index (χ2n) is 6.94. The zero-order valence-corrected chi connectivity index (χ0v) is 17.2. The molecule has 1 aliphatic rings. The van der Waals surface area contributed by atoms with E-state index in [0.717, 1.165) is 36.3 Å². The van der Waals surface area contributed by atoms with Gasteiger partial charge < -0.3 is 20.1 Å². The molecule has 0 spiro atoms. The van der Waals surface area contributed by atoms with Crippen LogP contribution in [0, 0.1) is 10.1 Å². The number of para-hydroxylation sites is 1. The molecular weight excluding hydrogens is 384 g/mol. The van der Waals surface area contributed by atoms with Crippen LogP contribution in [0.25, 0.3) is 0 Å². The van der Waals surface area contributed by atoms with Crippen molar-refractivity contribution in [2.24, 2.45) is 4.99 Å². The number of hydrogen-bond donors (Lipinski definition) is 2. The van der Waals surface area contributed by atoms with Crippen LogP contribution < -0.4 is 15.4 Å². The minimum absolute atomic E-state index is 0.0777. The van der Waals surface area contributed by atoms with Crippen LogP contribution in [0.4, 0.5) is 5.69 Å². The van der Waals surface area contributed by atoms with Gasteiger partial charge in [0.15, 0.2) is 5.96 Å². The van der Waals surface area contributed by atoms with Crippen molar-refractivity contribution < 1.29 is 14.4 Å². The van der Waals surface area contributed by atoms with Crippen LogP contribution in [0.5, 0.6) is 5.75 Å². The van der Waals surface area contributed by atoms with Crippen LogP contribution in [0.15, 0.2) is 53.5 Å². The van der Waals surface area contributed by atoms with Crippen LogP contribution >= 0.6 is 0 Å². The Labute approximate surface area is 176 Å². The van der Waals surface area contributed by atoms with Gasteiger partial charge in [0, 0.05) is 43.9 Å². The molecule has 30 heavy (non-hydrogen) atoms. The van der Waals surface area contributed by atoms with E-state index >= 15 is 0 Å². The van der Waals surface area contributed by atoms with E-state index in [0.29, 0.717) is 32.3 Å². The standard InChI is InChI=1S/C22H28N4O4/c1-2-29-14-5-13-23-22(24-16-17-8-10-18(11-9-17)26(27)28)25-20-12-15-30-21-7-4-3-6-19(20)21/h3-4,6-11,20H,2,5,12-16H2,1H3,(H2,23,24,25). The monoisotopic (exact) mass is 412 g/mol. The second-order valence-corrected chi connectivity index (χ2v) is 6.94. The molecular formula is C22H28N4O4. The molecule has 0 aliphatic carbocycles. The highest BCUT2D eigenvalue weighted by atomic mass is 16.6. The predicted molar refractivity (Wildman–Crippen MR) is 116 cm³/mol. The van der Waals surface area contributed by atoms with Crippen molar-refractivity contribution in [2.45, 2.75) is 32.4 Å². The lowest BCUT2D eigenvalue weighted by Gasteiger charge is -2.28. The van der Waals surface area contributed by atoms with E-state index in [9.17, 15) is 10.1 Å². The largest absolute Gasteiger partial charge is 0.493 e. The van der Waals surface area contributed by atoms with Crippen molar-refractivity contribution in [3.05, 3.63) is 69.8 Å². The van der Waals surface area contributed by atoms with Gasteiger partial charge in [-0.15, -0.1) is 0 Å². The van der Waals surface area contributed by atoms with E-state index in [-0.39, 0.29) is 11.7 Å². The van der Waals surface area contributed by atoms with E-state index in [4.69, 9.17) is 14.5 Å². The second kappa shape index (κ2) is 11.2. The quantitative estimate of drug-likeness (QED) is 0.215. The van der Waals surface area contributed by atoms with Gasteiger partial charge in [0.25, 0.3) is 5.69 Å². The van der Waals surface area contributed by atoms with Crippen molar-refractivity contribution >= 4 is 11.6 Å². The van der Waals surface area contributed by atoms with E-state index in [1.54, 1.807) is 12.1 Å². The Hall–Kier alpha value is -3.13. The number of nitrogens with one attached hydrogen (secondary N) is 2. The lowest BCUT2D eigenvalue weighted by molar-refractivity contribution is -0.384. The molecule has 1 aliphatic heterocycles. The number of nitrogens with zero attached hydrogens (tertiary/aromatic N) is 2. The summed E-state index contributed by atoms with van der Waals surface area (Å²) in [6.45, 7) is 5.18. The lowest BCUT2D eigenvalue weighted by Crippen LogP contribution is -2.41. The first-order chi connectivity index (χ1) is 14.7. The summed E-state index contributed by atoms with van der Waals surface area (Å²) in [6, 6.07) is 14.6. The van der Waals surface area contributed by atoms with Gasteiger partial charge in [-0.25, -0.2) is 4.99 Å². The fourth-order valence-electron chi connectivity index (χ4n) is 3.23. The molecule has 0 amide bonds. The average Bonchev–Trinajstić information content (AvgIpc) is 2.77. The summed E-state index contributed by atoms with van der Waals surface area (Å²) in [5.41, 5.74) is 2.10. The Balaban J connectivity index is 1.68. The number of guanidine groups is 1. The minimum atomic E-state index is -0.400. The molecule has 2 aromatic carbocycles. The molecule has 1 atom stereocenters. The van der Waals surface area contributed by atoms with Crippen LogP contribution in [0.1, 0.15) is 36.9 Å². The van der Waals surface area contributed by atoms with E-state index in [1.165, 1.54) is 12.1 Å². The summed E-state index contributed by atoms with van der Waals surface area (Å²) in [6.07, 6.45) is 1.71. The molecule has 0 fully saturated rings. The number of benzene rings is 2. The van der Waals surface area contributed by atoms with E-state index in [2.05, 4.69) is 16.7 Å². The molecule has 0 bridgehead atoms. The average molecular weight is 412 g/mol. The molecule has 1 heterocycles. The first-order valence-electron chi connectivity index (χ1n) is 10.2. The van der Waals surface area contributed by atoms with Crippen LogP contribution in [-0.2, 0) is 11.3 Å². The molecule has 1 unspecified atom stereocenters. The van der Waals surface area contributed by atoms with E-state index in [1.807, 2.05) is 25.1 Å². The number of aliphatic imine (C=N–C) groups is 1. The maximum Gasteiger partial charge on any atom is 0.269 e. The molecule has 0 saturated carbocycles. The van der Waals surface area contributed by atoms with Gasteiger partial charge in [0.05, 0.1) is 24.1 Å². The highest BCUT2D eigenvalue weighted by molar-refractivity contribution is 5.80. The van der Waals surface area contributed by atoms with Crippen molar-refractivity contribution in [1.29, 1.82) is 0 Å². The maximum atomic E-state index is 10.8. The highest BCUT2D eigenvalue weighted by Gasteiger charge is 2.21. The fourth-order valence-corrected chi connectivity index (χ4v) is 3.23. The third-order valence-corrected chi connectivity index (χ3v) is 4.80. The van der Waals surface area contributed by atoms with Crippen LogP contribution in [0.2, 0.25) is 0 Å². The zero-order chi connectivity index (χ0) is 21.2. The highest BCUT2D eigenvalue weighted by Crippen LogP contribution is 2.31. The van der Waals surface area contributed by atoms with Gasteiger partial charge in [-0.2, -0.15) is 0 Å². The van der Waals surface area contributed by atoms with E-state index < -0.39 is 4.92 Å². The Bertz CT molecular complexity index is 854. The lowest BCUT2D eigenvalue weighted by atomic mass is 10.0. The first-order valence-corrected chi connectivity index (χ1v) is 10.2. The number of rotatable bonds is 9. The molecule has 0 saturated heterocycles. The summed E-state index contributed by atoms with van der Waals surface area (Å²) in [7, 11) is 0. The smallest absolute Gasteiger partial charge is 0.269 e. The third-order valence-electron chi connectivity index (χ3n) is 4.80. The Morgan fingerprint density at radius 2 is 2.07 bits per heavy atom. The normalized spacial score (nSPS) is 15.8. The molecule has 0 radical (unpaired) electrons. The molecule has 2 aromatic rings. The van der Waals surface area contributed by atoms with Gasteiger partial charge in [0.2, 0.25) is 0 Å². The van der Waals surface area contributed by atoms with Gasteiger partial charge in [0.1, 0.15) is 5.75 Å². The summed E-state index contributed by atoms with van der Waals surface area (Å²) in [5.74, 6) is 1.60. The van der Waals surface area contributed by atoms with Gasteiger partial charge in [-0.05, 0) is 25.0 Å². The Morgan fingerprint density at radius 1 is 1.27 bits per heavy atom. The summed E-state index contributed by atoms with van der Waals surface area (Å²) >= 11 is 0. The molecule has 8 nitrogen and oxygen atoms in total. The summed E-state index contributed by atoms with van der Waals surface area (Å²) < 4.78 is 11.1. The van der Waals surface area contributed by atoms with Crippen molar-refractivity contribution in [1.82, 2.24) is 10.6 Å². The van der Waals surface area contributed by atoms with Crippen LogP contribution in [-0.4, -0.2) is 37.2 Å². The zero-order valence-electron chi connectivity index (χ0n) is 17.2. The molecule has 0 aromatic heterocycles. The van der Waals surface area contributed by atoms with Gasteiger partial charge in [-0.3, -0.25) is 10.1 Å². The Kier molecular flexibility index (Phi) is 8.02. The minimum Gasteiger partial charge on any atom is -0.493 e. The van der Waals surface area contributed by atoms with Crippen molar-refractivity contribution in [2.75, 3.05) is 26.4 Å².